The molecule has 2 nitrogen and oxygen atoms in total. The Labute approximate surface area is 135 Å². The lowest BCUT2D eigenvalue weighted by Crippen LogP contribution is -2.34. The van der Waals surface area contributed by atoms with Crippen LogP contribution in [0, 0.1) is 5.92 Å². The quantitative estimate of drug-likeness (QED) is 0.920. The molecule has 1 aromatic rings. The second kappa shape index (κ2) is 8.89. The van der Waals surface area contributed by atoms with Crippen molar-refractivity contribution >= 4 is 24.8 Å². The van der Waals surface area contributed by atoms with Crippen molar-refractivity contribution in [2.45, 2.75) is 32.2 Å². The number of hydrogen-bond donors (Lipinski definition) is 1. The van der Waals surface area contributed by atoms with E-state index in [0.717, 1.165) is 5.92 Å². The van der Waals surface area contributed by atoms with Gasteiger partial charge in [-0.1, -0.05) is 24.3 Å². The summed E-state index contributed by atoms with van der Waals surface area (Å²) in [5, 5.41) is 3.45. The first kappa shape index (κ1) is 17.8. The zero-order chi connectivity index (χ0) is 12.2. The van der Waals surface area contributed by atoms with Crippen LogP contribution in [0.25, 0.3) is 0 Å². The lowest BCUT2D eigenvalue weighted by molar-refractivity contribution is 0.220. The molecule has 0 aliphatic carbocycles. The number of rotatable bonds is 3. The molecule has 4 heteroatoms. The topological polar surface area (TPSA) is 15.3 Å². The van der Waals surface area contributed by atoms with Crippen molar-refractivity contribution < 1.29 is 0 Å². The van der Waals surface area contributed by atoms with Gasteiger partial charge in [0.1, 0.15) is 0 Å². The molecule has 0 unspecified atom stereocenters. The summed E-state index contributed by atoms with van der Waals surface area (Å²) in [6, 6.07) is 8.93. The zero-order valence-electron chi connectivity index (χ0n) is 12.0. The van der Waals surface area contributed by atoms with Gasteiger partial charge >= 0.3 is 0 Å². The molecule has 1 fully saturated rings. The van der Waals surface area contributed by atoms with Crippen molar-refractivity contribution in [1.82, 2.24) is 10.2 Å². The van der Waals surface area contributed by atoms with Crippen molar-refractivity contribution in [3.8, 4) is 0 Å². The van der Waals surface area contributed by atoms with Crippen LogP contribution in [-0.2, 0) is 13.0 Å². The molecular weight excluding hydrogens is 291 g/mol. The van der Waals surface area contributed by atoms with Crippen LogP contribution in [0.2, 0.25) is 0 Å². The van der Waals surface area contributed by atoms with Gasteiger partial charge < -0.3 is 5.32 Å². The minimum Gasteiger partial charge on any atom is -0.317 e. The van der Waals surface area contributed by atoms with Gasteiger partial charge in [-0.15, -0.1) is 24.8 Å². The van der Waals surface area contributed by atoms with Crippen LogP contribution in [0.15, 0.2) is 24.3 Å². The maximum atomic E-state index is 3.45. The van der Waals surface area contributed by atoms with Crippen LogP contribution in [0.4, 0.5) is 0 Å². The molecular formula is C16H26Cl2N2. The summed E-state index contributed by atoms with van der Waals surface area (Å²) in [5.41, 5.74) is 3.12. The monoisotopic (exact) mass is 316 g/mol. The maximum absolute atomic E-state index is 3.45. The molecule has 114 valence electrons. The summed E-state index contributed by atoms with van der Waals surface area (Å²) in [5.74, 6) is 0.962. The van der Waals surface area contributed by atoms with E-state index in [2.05, 4.69) is 34.5 Å². The Morgan fingerprint density at radius 3 is 2.50 bits per heavy atom. The third-order valence-corrected chi connectivity index (χ3v) is 4.52. The van der Waals surface area contributed by atoms with E-state index in [0.29, 0.717) is 0 Å². The first-order valence-corrected chi connectivity index (χ1v) is 7.41. The van der Waals surface area contributed by atoms with E-state index in [1.807, 2.05) is 0 Å². The van der Waals surface area contributed by atoms with Gasteiger partial charge in [0.2, 0.25) is 0 Å². The molecule has 1 N–H and O–H groups in total. The fourth-order valence-electron chi connectivity index (χ4n) is 3.28. The zero-order valence-corrected chi connectivity index (χ0v) is 13.6. The molecule has 0 spiro atoms. The third kappa shape index (κ3) is 4.63. The maximum Gasteiger partial charge on any atom is 0.0236 e. The molecule has 0 saturated carbocycles. The summed E-state index contributed by atoms with van der Waals surface area (Å²) in [4.78, 5) is 2.64. The first-order valence-electron chi connectivity index (χ1n) is 7.41. The van der Waals surface area contributed by atoms with Crippen LogP contribution in [0.3, 0.4) is 0 Å². The number of hydrogen-bond acceptors (Lipinski definition) is 2. The summed E-state index contributed by atoms with van der Waals surface area (Å²) >= 11 is 0. The third-order valence-electron chi connectivity index (χ3n) is 4.52. The highest BCUT2D eigenvalue weighted by atomic mass is 35.5. The molecule has 1 saturated heterocycles. The second-order valence-electron chi connectivity index (χ2n) is 5.78. The Morgan fingerprint density at radius 2 is 1.75 bits per heavy atom. The number of nitrogens with one attached hydrogen (secondary N) is 1. The van der Waals surface area contributed by atoms with Crippen molar-refractivity contribution in [3.63, 3.8) is 0 Å². The van der Waals surface area contributed by atoms with Crippen molar-refractivity contribution in [2.75, 3.05) is 26.2 Å². The van der Waals surface area contributed by atoms with Crippen molar-refractivity contribution in [2.24, 2.45) is 5.92 Å². The van der Waals surface area contributed by atoms with E-state index in [1.165, 1.54) is 58.4 Å². The molecule has 2 aliphatic rings. The van der Waals surface area contributed by atoms with Crippen LogP contribution < -0.4 is 5.32 Å². The summed E-state index contributed by atoms with van der Waals surface area (Å²) < 4.78 is 0. The minimum atomic E-state index is 0. The van der Waals surface area contributed by atoms with E-state index in [1.54, 1.807) is 11.1 Å². The molecule has 3 rings (SSSR count). The average molecular weight is 317 g/mol. The lowest BCUT2D eigenvalue weighted by Gasteiger charge is -2.31. The summed E-state index contributed by atoms with van der Waals surface area (Å²) in [6.07, 6.45) is 5.39. The van der Waals surface area contributed by atoms with Gasteiger partial charge in [-0.3, -0.25) is 4.90 Å². The van der Waals surface area contributed by atoms with Gasteiger partial charge in [0.05, 0.1) is 0 Å². The Kier molecular flexibility index (Phi) is 7.90. The molecule has 2 heterocycles. The van der Waals surface area contributed by atoms with Gasteiger partial charge in [0.25, 0.3) is 0 Å². The molecule has 0 amide bonds. The van der Waals surface area contributed by atoms with Crippen LogP contribution >= 0.6 is 24.8 Å². The average Bonchev–Trinajstić information content (AvgIpc) is 2.46. The fraction of sp³-hybridized carbons (Fsp3) is 0.625. The van der Waals surface area contributed by atoms with Gasteiger partial charge in [-0.05, 0) is 62.4 Å². The molecule has 0 radical (unpaired) electrons. The molecule has 20 heavy (non-hydrogen) atoms. The van der Waals surface area contributed by atoms with Gasteiger partial charge in [-0.25, -0.2) is 0 Å². The number of halogens is 2. The van der Waals surface area contributed by atoms with Gasteiger partial charge in [0, 0.05) is 13.1 Å². The number of benzene rings is 1. The molecule has 0 atom stereocenters. The SMILES string of the molecule is Cl.Cl.c1ccc2c(c1)CCN(CCC1CCNCC1)C2. The van der Waals surface area contributed by atoms with Gasteiger partial charge in [-0.2, -0.15) is 0 Å². The Hall–Kier alpha value is -0.280. The summed E-state index contributed by atoms with van der Waals surface area (Å²) in [6.45, 7) is 6.17. The lowest BCUT2D eigenvalue weighted by atomic mass is 9.93. The first-order chi connectivity index (χ1) is 8.92. The molecule has 0 aromatic heterocycles. The van der Waals surface area contributed by atoms with E-state index in [9.17, 15) is 0 Å². The Balaban J connectivity index is 0.000001000. The second-order valence-corrected chi connectivity index (χ2v) is 5.78. The van der Waals surface area contributed by atoms with Crippen molar-refractivity contribution in [1.29, 1.82) is 0 Å². The standard InChI is InChI=1S/C16H24N2.2ClH/c1-2-4-16-13-18(12-8-15(16)3-1)11-7-14-5-9-17-10-6-14;;/h1-4,14,17H,5-13H2;2*1H. The Bertz CT molecular complexity index is 392. The van der Waals surface area contributed by atoms with E-state index in [-0.39, 0.29) is 24.8 Å². The highest BCUT2D eigenvalue weighted by Gasteiger charge is 2.18. The highest BCUT2D eigenvalue weighted by Crippen LogP contribution is 2.21. The van der Waals surface area contributed by atoms with Crippen LogP contribution in [0.5, 0.6) is 0 Å². The van der Waals surface area contributed by atoms with E-state index < -0.39 is 0 Å². The predicted octanol–water partition coefficient (Wildman–Crippen LogP) is 3.28. The Morgan fingerprint density at radius 1 is 1.05 bits per heavy atom. The molecule has 0 bridgehead atoms. The largest absolute Gasteiger partial charge is 0.317 e. The van der Waals surface area contributed by atoms with E-state index >= 15 is 0 Å². The number of nitrogens with zero attached hydrogens (tertiary/aromatic N) is 1. The molecule has 1 aromatic carbocycles. The fourth-order valence-corrected chi connectivity index (χ4v) is 3.28. The number of piperidine rings is 1. The van der Waals surface area contributed by atoms with Crippen LogP contribution in [0.1, 0.15) is 30.4 Å². The van der Waals surface area contributed by atoms with E-state index in [4.69, 9.17) is 0 Å². The van der Waals surface area contributed by atoms with Crippen LogP contribution in [-0.4, -0.2) is 31.1 Å². The normalized spacial score (nSPS) is 19.6. The highest BCUT2D eigenvalue weighted by molar-refractivity contribution is 5.85. The minimum absolute atomic E-state index is 0. The smallest absolute Gasteiger partial charge is 0.0236 e. The predicted molar refractivity (Wildman–Crippen MR) is 90.1 cm³/mol. The summed E-state index contributed by atoms with van der Waals surface area (Å²) in [7, 11) is 0. The van der Waals surface area contributed by atoms with Crippen molar-refractivity contribution in [3.05, 3.63) is 35.4 Å². The number of fused-ring (bicyclic) bond motifs is 1. The molecule has 2 aliphatic heterocycles. The van der Waals surface area contributed by atoms with Gasteiger partial charge in [0.15, 0.2) is 0 Å².